The summed E-state index contributed by atoms with van der Waals surface area (Å²) in [5.74, 6) is -1.01. The second-order valence-corrected chi connectivity index (χ2v) is 4.33. The molecule has 0 saturated carbocycles. The maximum atomic E-state index is 10.9. The van der Waals surface area contributed by atoms with E-state index >= 15 is 0 Å². The lowest BCUT2D eigenvalue weighted by atomic mass is 10.1. The van der Waals surface area contributed by atoms with Crippen LogP contribution in [0.25, 0.3) is 10.9 Å². The van der Waals surface area contributed by atoms with Crippen LogP contribution >= 0.6 is 0 Å². The second-order valence-electron chi connectivity index (χ2n) is 4.33. The quantitative estimate of drug-likeness (QED) is 0.633. The van der Waals surface area contributed by atoms with Crippen LogP contribution in [0.1, 0.15) is 11.3 Å². The molecule has 0 amide bonds. The van der Waals surface area contributed by atoms with Gasteiger partial charge in [-0.25, -0.2) is 0 Å². The van der Waals surface area contributed by atoms with Gasteiger partial charge in [0.25, 0.3) is 0 Å². The highest BCUT2D eigenvalue weighted by Crippen LogP contribution is 2.33. The number of anilines is 1. The maximum Gasteiger partial charge on any atom is 0.307 e. The Labute approximate surface area is 92.1 Å². The van der Waals surface area contributed by atoms with E-state index in [0.29, 0.717) is 18.5 Å². The van der Waals surface area contributed by atoms with Gasteiger partial charge in [0.1, 0.15) is 0 Å². The van der Waals surface area contributed by atoms with E-state index in [9.17, 15) is 4.79 Å². The average molecular weight is 216 g/mol. The molecule has 1 aliphatic rings. The number of hydrogen-bond acceptors (Lipinski definition) is 2. The Morgan fingerprint density at radius 3 is 3.00 bits per heavy atom. The van der Waals surface area contributed by atoms with Crippen molar-refractivity contribution in [1.29, 1.82) is 0 Å². The number of hydrogen-bond donors (Lipinski definition) is 3. The molecule has 0 unspecified atom stereocenters. The summed E-state index contributed by atoms with van der Waals surface area (Å²) in [5.41, 5.74) is 9.67. The van der Waals surface area contributed by atoms with E-state index in [0.717, 1.165) is 22.2 Å². The van der Waals surface area contributed by atoms with E-state index in [-0.39, 0.29) is 5.92 Å². The highest BCUT2D eigenvalue weighted by Gasteiger charge is 2.29. The predicted octanol–water partition coefficient (Wildman–Crippen LogP) is 1.55. The van der Waals surface area contributed by atoms with Gasteiger partial charge in [0, 0.05) is 28.7 Å². The summed E-state index contributed by atoms with van der Waals surface area (Å²) in [6.07, 6.45) is 1.20. The van der Waals surface area contributed by atoms with Crippen molar-refractivity contribution in [2.24, 2.45) is 5.92 Å². The van der Waals surface area contributed by atoms with Crippen molar-refractivity contribution in [3.8, 4) is 0 Å². The minimum atomic E-state index is -0.721. The zero-order valence-electron chi connectivity index (χ0n) is 8.66. The van der Waals surface area contributed by atoms with Crippen LogP contribution in [0.15, 0.2) is 18.2 Å². The van der Waals surface area contributed by atoms with E-state index in [1.54, 1.807) is 0 Å². The Morgan fingerprint density at radius 1 is 1.44 bits per heavy atom. The number of rotatable bonds is 1. The largest absolute Gasteiger partial charge is 0.481 e. The van der Waals surface area contributed by atoms with Gasteiger partial charge >= 0.3 is 5.97 Å². The van der Waals surface area contributed by atoms with Crippen LogP contribution in [-0.4, -0.2) is 16.1 Å². The molecule has 1 aliphatic carbocycles. The number of fused-ring (bicyclic) bond motifs is 3. The molecule has 1 aromatic carbocycles. The Bertz CT molecular complexity index is 586. The van der Waals surface area contributed by atoms with Gasteiger partial charge in [0.15, 0.2) is 0 Å². The second kappa shape index (κ2) is 3.01. The molecule has 0 aliphatic heterocycles. The molecule has 1 aromatic heterocycles. The molecule has 0 fully saturated rings. The van der Waals surface area contributed by atoms with Gasteiger partial charge in [-0.2, -0.15) is 0 Å². The van der Waals surface area contributed by atoms with E-state index in [2.05, 4.69) is 4.98 Å². The minimum Gasteiger partial charge on any atom is -0.481 e. The van der Waals surface area contributed by atoms with Crippen molar-refractivity contribution in [2.75, 3.05) is 5.73 Å². The third kappa shape index (κ3) is 1.19. The van der Waals surface area contributed by atoms with Crippen LogP contribution in [0.5, 0.6) is 0 Å². The van der Waals surface area contributed by atoms with E-state index in [4.69, 9.17) is 10.8 Å². The van der Waals surface area contributed by atoms with Crippen molar-refractivity contribution < 1.29 is 9.90 Å². The monoisotopic (exact) mass is 216 g/mol. The van der Waals surface area contributed by atoms with Crippen molar-refractivity contribution in [3.05, 3.63) is 29.5 Å². The molecule has 1 heterocycles. The topological polar surface area (TPSA) is 79.1 Å². The summed E-state index contributed by atoms with van der Waals surface area (Å²) >= 11 is 0. The van der Waals surface area contributed by atoms with Crippen LogP contribution in [-0.2, 0) is 17.6 Å². The molecule has 4 nitrogen and oxygen atoms in total. The number of benzene rings is 1. The molecule has 0 bridgehead atoms. The molecule has 3 rings (SSSR count). The van der Waals surface area contributed by atoms with Crippen LogP contribution < -0.4 is 5.73 Å². The number of nitrogens with one attached hydrogen (secondary N) is 1. The standard InChI is InChI=1S/C12H12N2O2/c13-7-1-2-10-9(5-7)8-3-6(12(15)16)4-11(8)14-10/h1-2,5-6,14H,3-4,13H2,(H,15,16)/t6-/m1/s1. The van der Waals surface area contributed by atoms with Crippen molar-refractivity contribution >= 4 is 22.6 Å². The lowest BCUT2D eigenvalue weighted by molar-refractivity contribution is -0.141. The number of aliphatic carboxylic acids is 1. The SMILES string of the molecule is Nc1ccc2[nH]c3c(c2c1)C[C@@H](C(=O)O)C3. The highest BCUT2D eigenvalue weighted by molar-refractivity contribution is 5.89. The van der Waals surface area contributed by atoms with Gasteiger partial charge < -0.3 is 15.8 Å². The number of carboxylic acids is 1. The molecule has 2 aromatic rings. The van der Waals surface area contributed by atoms with Crippen molar-refractivity contribution in [3.63, 3.8) is 0 Å². The first-order valence-electron chi connectivity index (χ1n) is 5.27. The number of nitrogens with two attached hydrogens (primary N) is 1. The number of carbonyl (C=O) groups is 1. The molecular weight excluding hydrogens is 204 g/mol. The Morgan fingerprint density at radius 2 is 2.25 bits per heavy atom. The summed E-state index contributed by atoms with van der Waals surface area (Å²) < 4.78 is 0. The molecule has 4 N–H and O–H groups in total. The number of carboxylic acid groups (broad SMARTS) is 1. The molecular formula is C12H12N2O2. The average Bonchev–Trinajstić information content (AvgIpc) is 2.75. The highest BCUT2D eigenvalue weighted by atomic mass is 16.4. The number of aromatic nitrogens is 1. The summed E-state index contributed by atoms with van der Waals surface area (Å²) in [5, 5.41) is 10.1. The summed E-state index contributed by atoms with van der Waals surface area (Å²) in [6, 6.07) is 5.70. The number of aromatic amines is 1. The fraction of sp³-hybridized carbons (Fsp3) is 0.250. The van der Waals surface area contributed by atoms with Crippen molar-refractivity contribution in [2.45, 2.75) is 12.8 Å². The molecule has 0 saturated heterocycles. The lowest BCUT2D eigenvalue weighted by Crippen LogP contribution is -2.13. The smallest absolute Gasteiger partial charge is 0.307 e. The van der Waals surface area contributed by atoms with Gasteiger partial charge in [-0.05, 0) is 30.2 Å². The molecule has 82 valence electrons. The fourth-order valence-electron chi connectivity index (χ4n) is 2.47. The first kappa shape index (κ1) is 9.27. The lowest BCUT2D eigenvalue weighted by Gasteiger charge is -2.02. The van der Waals surface area contributed by atoms with Crippen LogP contribution in [0.4, 0.5) is 5.69 Å². The van der Waals surface area contributed by atoms with Gasteiger partial charge in [-0.3, -0.25) is 4.79 Å². The van der Waals surface area contributed by atoms with Gasteiger partial charge in [0.05, 0.1) is 5.92 Å². The predicted molar refractivity (Wildman–Crippen MR) is 61.2 cm³/mol. The van der Waals surface area contributed by atoms with Gasteiger partial charge in [-0.15, -0.1) is 0 Å². The third-order valence-corrected chi connectivity index (χ3v) is 3.27. The van der Waals surface area contributed by atoms with E-state index in [1.807, 2.05) is 18.2 Å². The zero-order chi connectivity index (χ0) is 11.3. The van der Waals surface area contributed by atoms with Crippen LogP contribution in [0.2, 0.25) is 0 Å². The maximum absolute atomic E-state index is 10.9. The Kier molecular flexibility index (Phi) is 1.74. The van der Waals surface area contributed by atoms with Gasteiger partial charge in [-0.1, -0.05) is 0 Å². The van der Waals surface area contributed by atoms with Crippen LogP contribution in [0.3, 0.4) is 0 Å². The Hall–Kier alpha value is -1.97. The fourth-order valence-corrected chi connectivity index (χ4v) is 2.47. The third-order valence-electron chi connectivity index (χ3n) is 3.27. The minimum absolute atomic E-state index is 0.285. The normalized spacial score (nSPS) is 18.9. The first-order valence-corrected chi connectivity index (χ1v) is 5.27. The number of nitrogen functional groups attached to an aromatic ring is 1. The molecule has 16 heavy (non-hydrogen) atoms. The van der Waals surface area contributed by atoms with Gasteiger partial charge in [0.2, 0.25) is 0 Å². The first-order chi connectivity index (χ1) is 7.65. The Balaban J connectivity index is 2.13. The zero-order valence-corrected chi connectivity index (χ0v) is 8.66. The van der Waals surface area contributed by atoms with Crippen LogP contribution in [0, 0.1) is 5.92 Å². The molecule has 1 atom stereocenters. The summed E-state index contributed by atoms with van der Waals surface area (Å²) in [7, 11) is 0. The molecule has 0 spiro atoms. The van der Waals surface area contributed by atoms with Crippen molar-refractivity contribution in [1.82, 2.24) is 4.98 Å². The molecule has 4 heteroatoms. The summed E-state index contributed by atoms with van der Waals surface area (Å²) in [4.78, 5) is 14.2. The van der Waals surface area contributed by atoms with E-state index < -0.39 is 5.97 Å². The van der Waals surface area contributed by atoms with E-state index in [1.165, 1.54) is 0 Å². The summed E-state index contributed by atoms with van der Waals surface area (Å²) in [6.45, 7) is 0. The molecule has 0 radical (unpaired) electrons. The number of H-pyrrole nitrogens is 1.